The molecule has 148 valence electrons. The molecular weight excluding hydrogens is 358 g/mol. The van der Waals surface area contributed by atoms with Crippen molar-refractivity contribution >= 4 is 10.8 Å². The molecule has 1 heterocycles. The number of nitrogens with zero attached hydrogens (tertiary/aromatic N) is 1. The first-order valence-corrected chi connectivity index (χ1v) is 8.86. The quantitative estimate of drug-likeness (QED) is 0.610. The predicted octanol–water partition coefficient (Wildman–Crippen LogP) is 4.18. The second-order valence-corrected chi connectivity index (χ2v) is 6.30. The van der Waals surface area contributed by atoms with Crippen molar-refractivity contribution in [3.63, 3.8) is 0 Å². The lowest BCUT2D eigenvalue weighted by Gasteiger charge is -2.17. The molecule has 0 saturated carbocycles. The third-order valence-corrected chi connectivity index (χ3v) is 4.79. The number of aryl methyl sites for hydroxylation is 1. The van der Waals surface area contributed by atoms with Crippen LogP contribution in [-0.2, 0) is 6.42 Å². The van der Waals surface area contributed by atoms with Crippen LogP contribution in [0.1, 0.15) is 16.8 Å². The van der Waals surface area contributed by atoms with Crippen LogP contribution in [0.5, 0.6) is 28.9 Å². The van der Waals surface area contributed by atoms with Crippen molar-refractivity contribution in [1.82, 2.24) is 4.98 Å². The van der Waals surface area contributed by atoms with Crippen LogP contribution in [0.2, 0.25) is 0 Å². The fourth-order valence-corrected chi connectivity index (χ4v) is 3.36. The van der Waals surface area contributed by atoms with E-state index in [0.29, 0.717) is 35.3 Å². The Morgan fingerprint density at radius 1 is 0.679 bits per heavy atom. The fourth-order valence-electron chi connectivity index (χ4n) is 3.36. The molecule has 0 spiro atoms. The molecule has 0 unspecified atom stereocenters. The molecule has 0 N–H and O–H groups in total. The summed E-state index contributed by atoms with van der Waals surface area (Å²) in [5.74, 6) is 3.30. The third kappa shape index (κ3) is 3.50. The highest BCUT2D eigenvalue weighted by atomic mass is 16.5. The molecule has 1 aromatic heterocycles. The summed E-state index contributed by atoms with van der Waals surface area (Å²) >= 11 is 0. The van der Waals surface area contributed by atoms with Gasteiger partial charge in [-0.2, -0.15) is 0 Å². The van der Waals surface area contributed by atoms with Crippen molar-refractivity contribution < 1.29 is 23.7 Å². The zero-order valence-corrected chi connectivity index (χ0v) is 17.1. The van der Waals surface area contributed by atoms with Gasteiger partial charge in [-0.1, -0.05) is 6.07 Å². The Bertz CT molecular complexity index is 1000. The highest BCUT2D eigenvalue weighted by molar-refractivity contribution is 5.92. The first-order chi connectivity index (χ1) is 13.6. The summed E-state index contributed by atoms with van der Waals surface area (Å²) in [7, 11) is 8.13. The van der Waals surface area contributed by atoms with Gasteiger partial charge in [-0.3, -0.25) is 0 Å². The summed E-state index contributed by atoms with van der Waals surface area (Å²) in [6.07, 6.45) is 0.614. The fraction of sp³-hybridized carbons (Fsp3) is 0.318. The lowest BCUT2D eigenvalue weighted by atomic mass is 9.98. The number of methoxy groups -OCH3 is 5. The van der Waals surface area contributed by atoms with Gasteiger partial charge >= 0.3 is 0 Å². The van der Waals surface area contributed by atoms with Crippen LogP contribution in [0.25, 0.3) is 10.8 Å². The molecule has 6 nitrogen and oxygen atoms in total. The predicted molar refractivity (Wildman–Crippen MR) is 108 cm³/mol. The lowest BCUT2D eigenvalue weighted by molar-refractivity contribution is 0.354. The number of pyridine rings is 1. The lowest BCUT2D eigenvalue weighted by Crippen LogP contribution is -2.02. The van der Waals surface area contributed by atoms with E-state index in [1.165, 1.54) is 0 Å². The highest BCUT2D eigenvalue weighted by Crippen LogP contribution is 2.38. The van der Waals surface area contributed by atoms with E-state index in [9.17, 15) is 0 Å². The minimum Gasteiger partial charge on any atom is -0.493 e. The number of hydrogen-bond acceptors (Lipinski definition) is 6. The average molecular weight is 383 g/mol. The van der Waals surface area contributed by atoms with E-state index in [4.69, 9.17) is 23.7 Å². The van der Waals surface area contributed by atoms with Crippen molar-refractivity contribution in [3.05, 3.63) is 47.2 Å². The number of rotatable bonds is 7. The smallest absolute Gasteiger partial charge is 0.217 e. The van der Waals surface area contributed by atoms with Gasteiger partial charge in [0.2, 0.25) is 5.88 Å². The summed E-state index contributed by atoms with van der Waals surface area (Å²) < 4.78 is 27.3. The molecule has 0 radical (unpaired) electrons. The van der Waals surface area contributed by atoms with Crippen LogP contribution in [0.3, 0.4) is 0 Å². The second kappa shape index (κ2) is 8.25. The minimum absolute atomic E-state index is 0.590. The molecule has 0 aliphatic rings. The molecule has 0 aliphatic carbocycles. The molecule has 3 rings (SSSR count). The first kappa shape index (κ1) is 19.6. The average Bonchev–Trinajstić information content (AvgIpc) is 2.74. The zero-order chi connectivity index (χ0) is 20.3. The van der Waals surface area contributed by atoms with Crippen LogP contribution in [0.15, 0.2) is 30.3 Å². The van der Waals surface area contributed by atoms with Crippen LogP contribution in [0.4, 0.5) is 0 Å². The van der Waals surface area contributed by atoms with Crippen LogP contribution >= 0.6 is 0 Å². The summed E-state index contributed by atoms with van der Waals surface area (Å²) in [5, 5.41) is 2.01. The first-order valence-electron chi connectivity index (χ1n) is 8.86. The van der Waals surface area contributed by atoms with Crippen molar-refractivity contribution in [2.45, 2.75) is 13.3 Å². The third-order valence-electron chi connectivity index (χ3n) is 4.79. The van der Waals surface area contributed by atoms with Gasteiger partial charge in [-0.05, 0) is 42.1 Å². The highest BCUT2D eigenvalue weighted by Gasteiger charge is 2.17. The van der Waals surface area contributed by atoms with E-state index in [1.54, 1.807) is 35.5 Å². The molecule has 0 saturated heterocycles. The largest absolute Gasteiger partial charge is 0.493 e. The monoisotopic (exact) mass is 383 g/mol. The molecule has 0 amide bonds. The van der Waals surface area contributed by atoms with Gasteiger partial charge < -0.3 is 23.7 Å². The standard InChI is InChI=1S/C22H25NO5/c1-13-15-11-20(26-4)21(27-5)12-16(15)17(22(23-13)28-6)9-14-7-8-18(24-2)19(10-14)25-3/h7-8,10-12H,9H2,1-6H3. The molecule has 28 heavy (non-hydrogen) atoms. The van der Waals surface area contributed by atoms with E-state index >= 15 is 0 Å². The summed E-state index contributed by atoms with van der Waals surface area (Å²) in [6.45, 7) is 1.96. The van der Waals surface area contributed by atoms with E-state index in [-0.39, 0.29) is 0 Å². The van der Waals surface area contributed by atoms with Crippen LogP contribution in [-0.4, -0.2) is 40.5 Å². The SMILES string of the molecule is COc1ccc(Cc2c(OC)nc(C)c3cc(OC)c(OC)cc23)cc1OC. The van der Waals surface area contributed by atoms with Crippen molar-refractivity contribution in [2.75, 3.05) is 35.5 Å². The van der Waals surface area contributed by atoms with Crippen molar-refractivity contribution in [2.24, 2.45) is 0 Å². The zero-order valence-electron chi connectivity index (χ0n) is 17.1. The number of ether oxygens (including phenoxy) is 5. The normalized spacial score (nSPS) is 10.6. The Kier molecular flexibility index (Phi) is 5.78. The summed E-state index contributed by atoms with van der Waals surface area (Å²) in [5.41, 5.74) is 2.89. The minimum atomic E-state index is 0.590. The van der Waals surface area contributed by atoms with Crippen molar-refractivity contribution in [1.29, 1.82) is 0 Å². The van der Waals surface area contributed by atoms with Crippen molar-refractivity contribution in [3.8, 4) is 28.9 Å². The van der Waals surface area contributed by atoms with Crippen LogP contribution < -0.4 is 23.7 Å². The van der Waals surface area contributed by atoms with Gasteiger partial charge in [-0.25, -0.2) is 4.98 Å². The van der Waals surface area contributed by atoms with Gasteiger partial charge in [0.05, 0.1) is 35.5 Å². The summed E-state index contributed by atoms with van der Waals surface area (Å²) in [6, 6.07) is 9.79. The Morgan fingerprint density at radius 3 is 1.82 bits per heavy atom. The molecule has 0 fully saturated rings. The van der Waals surface area contributed by atoms with Gasteiger partial charge in [0.25, 0.3) is 0 Å². The Labute approximate surface area is 165 Å². The maximum Gasteiger partial charge on any atom is 0.217 e. The number of benzene rings is 2. The molecule has 6 heteroatoms. The number of fused-ring (bicyclic) bond motifs is 1. The number of aromatic nitrogens is 1. The molecule has 3 aromatic rings. The molecule has 0 aliphatic heterocycles. The Balaban J connectivity index is 2.20. The van der Waals surface area contributed by atoms with Gasteiger partial charge in [0.15, 0.2) is 23.0 Å². The molecule has 0 atom stereocenters. The molecular formula is C22H25NO5. The Morgan fingerprint density at radius 2 is 1.25 bits per heavy atom. The van der Waals surface area contributed by atoms with E-state index in [0.717, 1.165) is 27.6 Å². The summed E-state index contributed by atoms with van der Waals surface area (Å²) in [4.78, 5) is 4.65. The van der Waals surface area contributed by atoms with E-state index < -0.39 is 0 Å². The van der Waals surface area contributed by atoms with Gasteiger partial charge in [0.1, 0.15) is 0 Å². The Hall–Kier alpha value is -3.15. The second-order valence-electron chi connectivity index (χ2n) is 6.30. The maximum atomic E-state index is 5.60. The molecule has 2 aromatic carbocycles. The molecule has 0 bridgehead atoms. The topological polar surface area (TPSA) is 59.0 Å². The van der Waals surface area contributed by atoms with Gasteiger partial charge in [0, 0.05) is 23.1 Å². The van der Waals surface area contributed by atoms with Gasteiger partial charge in [-0.15, -0.1) is 0 Å². The van der Waals surface area contributed by atoms with E-state index in [2.05, 4.69) is 4.98 Å². The maximum absolute atomic E-state index is 5.60. The number of hydrogen-bond donors (Lipinski definition) is 0. The van der Waals surface area contributed by atoms with E-state index in [1.807, 2.05) is 37.3 Å². The van der Waals surface area contributed by atoms with Crippen LogP contribution in [0, 0.1) is 6.92 Å².